The molecule has 3 heterocycles. The molecule has 0 N–H and O–H groups in total. The van der Waals surface area contributed by atoms with Crippen molar-refractivity contribution in [1.29, 1.82) is 0 Å². The lowest BCUT2D eigenvalue weighted by Gasteiger charge is -2.23. The minimum absolute atomic E-state index is 0.165. The van der Waals surface area contributed by atoms with E-state index in [4.69, 9.17) is 25.5 Å². The summed E-state index contributed by atoms with van der Waals surface area (Å²) in [7, 11) is 0. The van der Waals surface area contributed by atoms with E-state index in [1.807, 2.05) is 31.2 Å². The number of fused-ring (bicyclic) bond motifs is 1. The van der Waals surface area contributed by atoms with Gasteiger partial charge in [-0.25, -0.2) is 0 Å². The van der Waals surface area contributed by atoms with Gasteiger partial charge in [0.1, 0.15) is 12.4 Å². The van der Waals surface area contributed by atoms with E-state index in [0.717, 1.165) is 32.0 Å². The maximum atomic E-state index is 5.88. The van der Waals surface area contributed by atoms with Crippen LogP contribution in [0.4, 0.5) is 0 Å². The number of halogens is 1. The standard InChI is InChI=1S/C17H20ClN3O3/c1-12-19-20-16(24-12)17-10-21(8-13(17)9-22-11-17)6-7-23-15-4-2-14(18)3-5-15/h2-5,13H,6-11H2,1H3/t13-,17-/m1/s1. The molecule has 2 fully saturated rings. The summed E-state index contributed by atoms with van der Waals surface area (Å²) < 4.78 is 17.3. The summed E-state index contributed by atoms with van der Waals surface area (Å²) in [6.45, 7) is 6.53. The Bertz CT molecular complexity index is 705. The monoisotopic (exact) mass is 349 g/mol. The summed E-state index contributed by atoms with van der Waals surface area (Å²) in [4.78, 5) is 2.39. The van der Waals surface area contributed by atoms with Crippen molar-refractivity contribution in [2.24, 2.45) is 5.92 Å². The van der Waals surface area contributed by atoms with E-state index < -0.39 is 0 Å². The molecule has 0 radical (unpaired) electrons. The number of hydrogen-bond acceptors (Lipinski definition) is 6. The summed E-state index contributed by atoms with van der Waals surface area (Å²) >= 11 is 5.88. The van der Waals surface area contributed by atoms with Crippen LogP contribution in [0.25, 0.3) is 0 Å². The Hall–Kier alpha value is -1.63. The molecule has 128 valence electrons. The molecule has 0 saturated carbocycles. The molecule has 0 aliphatic carbocycles. The second-order valence-corrected chi connectivity index (χ2v) is 6.97. The van der Waals surface area contributed by atoms with Crippen LogP contribution in [0.5, 0.6) is 5.75 Å². The van der Waals surface area contributed by atoms with E-state index in [1.54, 1.807) is 0 Å². The fourth-order valence-corrected chi connectivity index (χ4v) is 3.76. The van der Waals surface area contributed by atoms with Crippen LogP contribution >= 0.6 is 11.6 Å². The molecule has 0 amide bonds. The molecular weight excluding hydrogens is 330 g/mol. The van der Waals surface area contributed by atoms with Crippen molar-refractivity contribution in [2.75, 3.05) is 39.5 Å². The zero-order valence-corrected chi connectivity index (χ0v) is 14.3. The molecular formula is C17H20ClN3O3. The molecule has 2 aromatic rings. The van der Waals surface area contributed by atoms with Gasteiger partial charge in [0.15, 0.2) is 0 Å². The van der Waals surface area contributed by atoms with Gasteiger partial charge in [-0.15, -0.1) is 10.2 Å². The summed E-state index contributed by atoms with van der Waals surface area (Å²) in [6.07, 6.45) is 0. The van der Waals surface area contributed by atoms with E-state index in [2.05, 4.69) is 15.1 Å². The first-order chi connectivity index (χ1) is 11.7. The van der Waals surface area contributed by atoms with E-state index >= 15 is 0 Å². The number of ether oxygens (including phenoxy) is 2. The minimum Gasteiger partial charge on any atom is -0.492 e. The quantitative estimate of drug-likeness (QED) is 0.825. The van der Waals surface area contributed by atoms with Gasteiger partial charge in [-0.1, -0.05) is 11.6 Å². The van der Waals surface area contributed by atoms with Crippen LogP contribution < -0.4 is 4.74 Å². The van der Waals surface area contributed by atoms with E-state index in [9.17, 15) is 0 Å². The highest BCUT2D eigenvalue weighted by atomic mass is 35.5. The molecule has 2 atom stereocenters. The molecule has 7 heteroatoms. The second-order valence-electron chi connectivity index (χ2n) is 6.53. The number of nitrogens with zero attached hydrogens (tertiary/aromatic N) is 3. The van der Waals surface area contributed by atoms with Crippen molar-refractivity contribution in [1.82, 2.24) is 15.1 Å². The summed E-state index contributed by atoms with van der Waals surface area (Å²) in [5.74, 6) is 2.55. The zero-order valence-electron chi connectivity index (χ0n) is 13.6. The first-order valence-corrected chi connectivity index (χ1v) is 8.52. The lowest BCUT2D eigenvalue weighted by Crippen LogP contribution is -2.36. The van der Waals surface area contributed by atoms with Crippen LogP contribution in [0.2, 0.25) is 5.02 Å². The van der Waals surface area contributed by atoms with Crippen LogP contribution in [0, 0.1) is 12.8 Å². The Morgan fingerprint density at radius 2 is 2.17 bits per heavy atom. The fourth-order valence-electron chi connectivity index (χ4n) is 3.63. The zero-order chi connectivity index (χ0) is 16.6. The van der Waals surface area contributed by atoms with E-state index in [-0.39, 0.29) is 5.41 Å². The number of aromatic nitrogens is 2. The van der Waals surface area contributed by atoms with Crippen LogP contribution in [0.3, 0.4) is 0 Å². The number of aryl methyl sites for hydroxylation is 1. The van der Waals surface area contributed by atoms with Crippen LogP contribution in [0.15, 0.2) is 28.7 Å². The molecule has 4 rings (SSSR count). The third-order valence-electron chi connectivity index (χ3n) is 4.89. The Labute approximate surface area is 145 Å². The Balaban J connectivity index is 1.37. The van der Waals surface area contributed by atoms with Crippen molar-refractivity contribution in [3.05, 3.63) is 41.1 Å². The number of benzene rings is 1. The van der Waals surface area contributed by atoms with Gasteiger partial charge in [-0.05, 0) is 24.3 Å². The first-order valence-electron chi connectivity index (χ1n) is 8.15. The van der Waals surface area contributed by atoms with E-state index in [1.165, 1.54) is 0 Å². The van der Waals surface area contributed by atoms with Gasteiger partial charge in [0, 0.05) is 37.5 Å². The number of rotatable bonds is 5. The van der Waals surface area contributed by atoms with Gasteiger partial charge >= 0.3 is 0 Å². The predicted molar refractivity (Wildman–Crippen MR) is 88.4 cm³/mol. The molecule has 24 heavy (non-hydrogen) atoms. The Morgan fingerprint density at radius 3 is 2.92 bits per heavy atom. The second kappa shape index (κ2) is 6.35. The summed E-state index contributed by atoms with van der Waals surface area (Å²) in [5.41, 5.74) is -0.165. The average Bonchev–Trinajstić information content (AvgIpc) is 3.23. The minimum atomic E-state index is -0.165. The van der Waals surface area contributed by atoms with Crippen LogP contribution in [0.1, 0.15) is 11.8 Å². The van der Waals surface area contributed by atoms with Gasteiger partial charge in [-0.2, -0.15) is 0 Å². The highest BCUT2D eigenvalue weighted by Crippen LogP contribution is 2.43. The largest absolute Gasteiger partial charge is 0.492 e. The molecule has 2 saturated heterocycles. The normalized spacial score (nSPS) is 26.7. The van der Waals surface area contributed by atoms with Gasteiger partial charge < -0.3 is 13.9 Å². The number of hydrogen-bond donors (Lipinski definition) is 0. The SMILES string of the molecule is Cc1nnc([C@]23COC[C@H]2CN(CCOc2ccc(Cl)cc2)C3)o1. The lowest BCUT2D eigenvalue weighted by molar-refractivity contribution is 0.135. The highest BCUT2D eigenvalue weighted by Gasteiger charge is 2.55. The fraction of sp³-hybridized carbons (Fsp3) is 0.529. The van der Waals surface area contributed by atoms with Gasteiger partial charge in [0.05, 0.1) is 18.6 Å². The van der Waals surface area contributed by atoms with Crippen LogP contribution in [-0.4, -0.2) is 54.6 Å². The number of likely N-dealkylation sites (tertiary alicyclic amines) is 1. The van der Waals surface area contributed by atoms with E-state index in [0.29, 0.717) is 35.9 Å². The lowest BCUT2D eigenvalue weighted by atomic mass is 9.81. The molecule has 6 nitrogen and oxygen atoms in total. The average molecular weight is 350 g/mol. The molecule has 0 spiro atoms. The van der Waals surface area contributed by atoms with Crippen molar-refractivity contribution in [3.8, 4) is 5.75 Å². The maximum Gasteiger partial charge on any atom is 0.226 e. The summed E-state index contributed by atoms with van der Waals surface area (Å²) in [6, 6.07) is 7.44. The molecule has 1 aromatic carbocycles. The first kappa shape index (κ1) is 15.9. The molecule has 0 bridgehead atoms. The third kappa shape index (κ3) is 2.90. The molecule has 0 unspecified atom stereocenters. The molecule has 2 aliphatic rings. The predicted octanol–water partition coefficient (Wildman–Crippen LogP) is 2.31. The topological polar surface area (TPSA) is 60.6 Å². The maximum absolute atomic E-state index is 5.88. The van der Waals surface area contributed by atoms with Crippen molar-refractivity contribution in [3.63, 3.8) is 0 Å². The molecule has 2 aliphatic heterocycles. The van der Waals surface area contributed by atoms with Gasteiger partial charge in [0.25, 0.3) is 0 Å². The van der Waals surface area contributed by atoms with Crippen molar-refractivity contribution >= 4 is 11.6 Å². The van der Waals surface area contributed by atoms with Gasteiger partial charge in [0.2, 0.25) is 11.8 Å². The van der Waals surface area contributed by atoms with Gasteiger partial charge in [-0.3, -0.25) is 4.90 Å². The Morgan fingerprint density at radius 1 is 1.33 bits per heavy atom. The Kier molecular flexibility index (Phi) is 4.20. The van der Waals surface area contributed by atoms with Crippen molar-refractivity contribution in [2.45, 2.75) is 12.3 Å². The molecule has 1 aromatic heterocycles. The van der Waals surface area contributed by atoms with Crippen LogP contribution in [-0.2, 0) is 10.2 Å². The van der Waals surface area contributed by atoms with Crippen molar-refractivity contribution < 1.29 is 13.9 Å². The third-order valence-corrected chi connectivity index (χ3v) is 5.14. The highest BCUT2D eigenvalue weighted by molar-refractivity contribution is 6.30. The smallest absolute Gasteiger partial charge is 0.226 e. The summed E-state index contributed by atoms with van der Waals surface area (Å²) in [5, 5.41) is 8.97.